The van der Waals surface area contributed by atoms with Gasteiger partial charge < -0.3 is 9.88 Å². The topological polar surface area (TPSA) is 59.8 Å². The molecule has 23 heavy (non-hydrogen) atoms. The summed E-state index contributed by atoms with van der Waals surface area (Å²) in [4.78, 5) is 12.0. The fraction of sp³-hybridized carbons (Fsp3) is 0.353. The van der Waals surface area contributed by atoms with Gasteiger partial charge in [0.25, 0.3) is 0 Å². The maximum atomic E-state index is 12.0. The average Bonchev–Trinajstić information content (AvgIpc) is 2.95. The number of hydrogen-bond acceptors (Lipinski definition) is 4. The Hall–Kier alpha value is -2.08. The van der Waals surface area contributed by atoms with E-state index in [1.54, 1.807) is 0 Å². The molecule has 0 atom stereocenters. The van der Waals surface area contributed by atoms with Gasteiger partial charge in [-0.1, -0.05) is 54.6 Å². The number of amides is 1. The molecule has 0 aliphatic rings. The lowest BCUT2D eigenvalue weighted by molar-refractivity contribution is -0.118. The second kappa shape index (κ2) is 8.53. The van der Waals surface area contributed by atoms with Crippen LogP contribution in [0, 0.1) is 6.92 Å². The van der Waals surface area contributed by atoms with E-state index in [4.69, 9.17) is 0 Å². The van der Waals surface area contributed by atoms with Crippen molar-refractivity contribution in [2.24, 2.45) is 0 Å². The molecule has 5 nitrogen and oxygen atoms in total. The number of nitrogens with one attached hydrogen (secondary N) is 1. The third-order valence-electron chi connectivity index (χ3n) is 3.36. The molecule has 0 unspecified atom stereocenters. The number of rotatable bonds is 8. The van der Waals surface area contributed by atoms with E-state index in [1.807, 2.05) is 48.8 Å². The number of carbonyl (C=O) groups excluding carboxylic acids is 1. The van der Waals surface area contributed by atoms with Crippen LogP contribution in [-0.4, -0.2) is 26.4 Å². The van der Waals surface area contributed by atoms with Gasteiger partial charge in [0.1, 0.15) is 5.82 Å². The largest absolute Gasteiger partial charge is 0.351 e. The van der Waals surface area contributed by atoms with Gasteiger partial charge in [0.2, 0.25) is 5.91 Å². The Morgan fingerprint density at radius 3 is 2.74 bits per heavy atom. The highest BCUT2D eigenvalue weighted by Gasteiger charge is 2.12. The quantitative estimate of drug-likeness (QED) is 0.597. The van der Waals surface area contributed by atoms with Gasteiger partial charge in [-0.05, 0) is 12.5 Å². The molecule has 0 aliphatic heterocycles. The number of benzene rings is 1. The molecule has 0 aliphatic carbocycles. The molecule has 0 spiro atoms. The van der Waals surface area contributed by atoms with E-state index in [9.17, 15) is 4.79 Å². The number of allylic oxidation sites excluding steroid dienone is 1. The van der Waals surface area contributed by atoms with Crippen molar-refractivity contribution < 1.29 is 4.79 Å². The van der Waals surface area contributed by atoms with E-state index < -0.39 is 0 Å². The highest BCUT2D eigenvalue weighted by atomic mass is 32.2. The van der Waals surface area contributed by atoms with Crippen LogP contribution in [-0.2, 0) is 24.3 Å². The van der Waals surface area contributed by atoms with Crippen LogP contribution in [0.1, 0.15) is 23.9 Å². The summed E-state index contributed by atoms with van der Waals surface area (Å²) in [6, 6.07) is 8.13. The number of aromatic nitrogens is 3. The van der Waals surface area contributed by atoms with Crippen LogP contribution in [0.4, 0.5) is 0 Å². The van der Waals surface area contributed by atoms with Gasteiger partial charge in [0.15, 0.2) is 5.16 Å². The van der Waals surface area contributed by atoms with Crippen molar-refractivity contribution in [2.75, 3.05) is 5.75 Å². The third kappa shape index (κ3) is 4.96. The molecule has 122 valence electrons. The summed E-state index contributed by atoms with van der Waals surface area (Å²) in [6.07, 6.45) is 2.62. The zero-order valence-corrected chi connectivity index (χ0v) is 14.4. The van der Waals surface area contributed by atoms with Crippen molar-refractivity contribution in [2.45, 2.75) is 38.5 Å². The number of aryl methyl sites for hydroxylation is 2. The van der Waals surface area contributed by atoms with E-state index in [0.717, 1.165) is 23.0 Å². The summed E-state index contributed by atoms with van der Waals surface area (Å²) < 4.78 is 1.99. The van der Waals surface area contributed by atoms with Gasteiger partial charge in [0.05, 0.1) is 5.75 Å². The molecule has 1 N–H and O–H groups in total. The van der Waals surface area contributed by atoms with Gasteiger partial charge in [-0.3, -0.25) is 4.79 Å². The van der Waals surface area contributed by atoms with E-state index >= 15 is 0 Å². The SMILES string of the molecule is C=CCn1c(CC)nnc1SCC(=O)NCc1ccc(C)cc1. The van der Waals surface area contributed by atoms with Crippen molar-refractivity contribution >= 4 is 17.7 Å². The predicted molar refractivity (Wildman–Crippen MR) is 93.3 cm³/mol. The summed E-state index contributed by atoms with van der Waals surface area (Å²) in [5.41, 5.74) is 2.31. The molecule has 0 saturated carbocycles. The maximum Gasteiger partial charge on any atom is 0.230 e. The molecule has 2 aromatic rings. The van der Waals surface area contributed by atoms with Gasteiger partial charge in [-0.25, -0.2) is 0 Å². The molecule has 2 rings (SSSR count). The number of thioether (sulfide) groups is 1. The number of nitrogens with zero attached hydrogens (tertiary/aromatic N) is 3. The fourth-order valence-corrected chi connectivity index (χ4v) is 2.88. The van der Waals surface area contributed by atoms with Gasteiger partial charge in [-0.2, -0.15) is 0 Å². The first-order chi connectivity index (χ1) is 11.1. The first kappa shape index (κ1) is 17.3. The Labute approximate surface area is 141 Å². The van der Waals surface area contributed by atoms with Gasteiger partial charge in [0, 0.05) is 19.5 Å². The number of carbonyl (C=O) groups is 1. The van der Waals surface area contributed by atoms with Crippen molar-refractivity contribution in [3.05, 3.63) is 53.9 Å². The highest BCUT2D eigenvalue weighted by Crippen LogP contribution is 2.17. The molecular weight excluding hydrogens is 308 g/mol. The van der Waals surface area contributed by atoms with Crippen LogP contribution in [0.2, 0.25) is 0 Å². The summed E-state index contributed by atoms with van der Waals surface area (Å²) in [6.45, 7) is 9.03. The molecule has 1 heterocycles. The predicted octanol–water partition coefficient (Wildman–Crippen LogP) is 2.74. The minimum absolute atomic E-state index is 0.0122. The third-order valence-corrected chi connectivity index (χ3v) is 4.33. The van der Waals surface area contributed by atoms with Crippen LogP contribution in [0.15, 0.2) is 42.1 Å². The molecule has 1 aromatic heterocycles. The van der Waals surface area contributed by atoms with Crippen molar-refractivity contribution in [3.63, 3.8) is 0 Å². The minimum Gasteiger partial charge on any atom is -0.351 e. The van der Waals surface area contributed by atoms with Crippen molar-refractivity contribution in [1.29, 1.82) is 0 Å². The number of hydrogen-bond donors (Lipinski definition) is 1. The molecule has 1 amide bonds. The van der Waals surface area contributed by atoms with Gasteiger partial charge >= 0.3 is 0 Å². The summed E-state index contributed by atoms with van der Waals surface area (Å²) in [5, 5.41) is 12.0. The summed E-state index contributed by atoms with van der Waals surface area (Å²) >= 11 is 1.40. The fourth-order valence-electron chi connectivity index (χ4n) is 2.09. The van der Waals surface area contributed by atoms with E-state index in [-0.39, 0.29) is 5.91 Å². The molecular formula is C17H22N4OS. The van der Waals surface area contributed by atoms with E-state index in [1.165, 1.54) is 17.3 Å². The molecule has 0 bridgehead atoms. The molecule has 1 aromatic carbocycles. The second-order valence-corrected chi connectivity index (χ2v) is 6.15. The first-order valence-corrected chi connectivity index (χ1v) is 8.60. The molecule has 0 saturated heterocycles. The Balaban J connectivity index is 1.85. The Bertz CT molecular complexity index is 664. The monoisotopic (exact) mass is 330 g/mol. The summed E-state index contributed by atoms with van der Waals surface area (Å²) in [5.74, 6) is 1.22. The molecule has 0 radical (unpaired) electrons. The smallest absolute Gasteiger partial charge is 0.230 e. The first-order valence-electron chi connectivity index (χ1n) is 7.62. The zero-order valence-electron chi connectivity index (χ0n) is 13.6. The lowest BCUT2D eigenvalue weighted by Gasteiger charge is -2.07. The van der Waals surface area contributed by atoms with Crippen LogP contribution in [0.5, 0.6) is 0 Å². The van der Waals surface area contributed by atoms with Gasteiger partial charge in [-0.15, -0.1) is 16.8 Å². The van der Waals surface area contributed by atoms with Crippen molar-refractivity contribution in [3.8, 4) is 0 Å². The normalized spacial score (nSPS) is 10.5. The van der Waals surface area contributed by atoms with Crippen LogP contribution < -0.4 is 5.32 Å². The van der Waals surface area contributed by atoms with Crippen LogP contribution in [0.3, 0.4) is 0 Å². The van der Waals surface area contributed by atoms with E-state index in [2.05, 4.69) is 22.1 Å². The van der Waals surface area contributed by atoms with Crippen molar-refractivity contribution in [1.82, 2.24) is 20.1 Å². The maximum absolute atomic E-state index is 12.0. The van der Waals surface area contributed by atoms with Crippen LogP contribution in [0.25, 0.3) is 0 Å². The molecule has 0 fully saturated rings. The van der Waals surface area contributed by atoms with E-state index in [0.29, 0.717) is 18.8 Å². The average molecular weight is 330 g/mol. The zero-order chi connectivity index (χ0) is 16.7. The van der Waals surface area contributed by atoms with Crippen LogP contribution >= 0.6 is 11.8 Å². The lowest BCUT2D eigenvalue weighted by Crippen LogP contribution is -2.24. The molecule has 6 heteroatoms. The highest BCUT2D eigenvalue weighted by molar-refractivity contribution is 7.99. The minimum atomic E-state index is -0.0122. The Kier molecular flexibility index (Phi) is 6.40. The standard InChI is InChI=1S/C17H22N4OS/c1-4-10-21-15(5-2)19-20-17(21)23-12-16(22)18-11-14-8-6-13(3)7-9-14/h4,6-9H,1,5,10-12H2,2-3H3,(H,18,22). The second-order valence-electron chi connectivity index (χ2n) is 5.20. The Morgan fingerprint density at radius 1 is 1.35 bits per heavy atom. The summed E-state index contributed by atoms with van der Waals surface area (Å²) in [7, 11) is 0. The Morgan fingerprint density at radius 2 is 2.09 bits per heavy atom. The lowest BCUT2D eigenvalue weighted by atomic mass is 10.1.